The first kappa shape index (κ1) is 21.0. The zero-order valence-corrected chi connectivity index (χ0v) is 18.7. The summed E-state index contributed by atoms with van der Waals surface area (Å²) < 4.78 is 27.0. The van der Waals surface area contributed by atoms with E-state index in [1.54, 1.807) is 11.3 Å². The number of hydrogen-bond acceptors (Lipinski definition) is 4. The first-order valence-electron chi connectivity index (χ1n) is 10.9. The van der Waals surface area contributed by atoms with Gasteiger partial charge in [0.2, 0.25) is 6.43 Å². The Bertz CT molecular complexity index is 1220. The Morgan fingerprint density at radius 2 is 1.97 bits per heavy atom. The molecule has 5 rings (SSSR count). The van der Waals surface area contributed by atoms with Gasteiger partial charge in [-0.25, -0.2) is 8.78 Å². The van der Waals surface area contributed by atoms with Crippen LogP contribution in [0.1, 0.15) is 17.5 Å². The van der Waals surface area contributed by atoms with E-state index in [2.05, 4.69) is 71.1 Å². The molecule has 6 heteroatoms. The predicted octanol–water partition coefficient (Wildman–Crippen LogP) is 7.10. The Labute approximate surface area is 190 Å². The van der Waals surface area contributed by atoms with Crippen LogP contribution in [0.2, 0.25) is 0 Å². The summed E-state index contributed by atoms with van der Waals surface area (Å²) in [6.45, 7) is 3.99. The quantitative estimate of drug-likeness (QED) is 0.340. The maximum atomic E-state index is 12.9. The molecule has 164 valence electrons. The summed E-state index contributed by atoms with van der Waals surface area (Å²) in [5, 5.41) is 5.67. The molecular formula is C26H25F2N3S. The number of aromatic nitrogens is 1. The average molecular weight is 450 g/mol. The van der Waals surface area contributed by atoms with E-state index in [9.17, 15) is 8.78 Å². The number of hydrogen-bond donors (Lipinski definition) is 1. The van der Waals surface area contributed by atoms with Crippen molar-refractivity contribution in [3.63, 3.8) is 0 Å². The van der Waals surface area contributed by atoms with Crippen molar-refractivity contribution in [2.45, 2.75) is 26.3 Å². The molecule has 0 radical (unpaired) electrons. The minimum Gasteiger partial charge on any atom is -0.353 e. The maximum Gasteiger partial charge on any atom is 0.242 e. The van der Waals surface area contributed by atoms with Gasteiger partial charge in [-0.15, -0.1) is 11.3 Å². The summed E-state index contributed by atoms with van der Waals surface area (Å²) in [6.07, 6.45) is 0.223. The van der Waals surface area contributed by atoms with Gasteiger partial charge >= 0.3 is 0 Å². The molecule has 1 aliphatic heterocycles. The summed E-state index contributed by atoms with van der Waals surface area (Å²) >= 11 is 1.65. The number of benzene rings is 2. The Hall–Kier alpha value is -2.83. The van der Waals surface area contributed by atoms with Crippen molar-refractivity contribution in [3.8, 4) is 11.1 Å². The van der Waals surface area contributed by atoms with Gasteiger partial charge in [-0.2, -0.15) is 0 Å². The van der Waals surface area contributed by atoms with Crippen LogP contribution >= 0.6 is 11.3 Å². The molecule has 2 aromatic carbocycles. The molecule has 3 heterocycles. The number of thiophene rings is 1. The van der Waals surface area contributed by atoms with E-state index in [0.29, 0.717) is 19.5 Å². The lowest BCUT2D eigenvalue weighted by Gasteiger charge is -2.16. The van der Waals surface area contributed by atoms with E-state index in [-0.39, 0.29) is 0 Å². The fourth-order valence-electron chi connectivity index (χ4n) is 4.45. The average Bonchev–Trinajstić information content (AvgIpc) is 3.43. The molecule has 1 atom stereocenters. The van der Waals surface area contributed by atoms with Crippen molar-refractivity contribution >= 4 is 32.9 Å². The molecule has 0 saturated carbocycles. The van der Waals surface area contributed by atoms with Crippen LogP contribution < -0.4 is 5.32 Å². The highest BCUT2D eigenvalue weighted by Gasteiger charge is 2.29. The van der Waals surface area contributed by atoms with Gasteiger partial charge < -0.3 is 5.32 Å². The third-order valence-corrected chi connectivity index (χ3v) is 7.15. The van der Waals surface area contributed by atoms with Crippen LogP contribution in [0.4, 0.5) is 20.2 Å². The van der Waals surface area contributed by atoms with Gasteiger partial charge in [0.1, 0.15) is 5.52 Å². The van der Waals surface area contributed by atoms with Crippen LogP contribution in [-0.4, -0.2) is 29.4 Å². The number of alkyl halides is 2. The van der Waals surface area contributed by atoms with E-state index in [1.807, 2.05) is 12.3 Å². The highest BCUT2D eigenvalue weighted by Crippen LogP contribution is 2.35. The van der Waals surface area contributed by atoms with Crippen LogP contribution in [-0.2, 0) is 6.54 Å². The third kappa shape index (κ3) is 4.25. The summed E-state index contributed by atoms with van der Waals surface area (Å²) in [5.41, 5.74) is 7.66. The Balaban J connectivity index is 1.35. The molecule has 3 nitrogen and oxygen atoms in total. The van der Waals surface area contributed by atoms with Gasteiger partial charge in [0, 0.05) is 36.3 Å². The Kier molecular flexibility index (Phi) is 5.89. The Morgan fingerprint density at radius 1 is 1.12 bits per heavy atom. The molecule has 4 aromatic rings. The first-order chi connectivity index (χ1) is 15.6. The number of nitrogens with zero attached hydrogens (tertiary/aromatic N) is 2. The van der Waals surface area contributed by atoms with Crippen molar-refractivity contribution in [2.75, 3.05) is 18.4 Å². The Morgan fingerprint density at radius 3 is 2.75 bits per heavy atom. The summed E-state index contributed by atoms with van der Waals surface area (Å²) in [7, 11) is 0. The topological polar surface area (TPSA) is 28.2 Å². The molecule has 0 spiro atoms. The monoisotopic (exact) mass is 449 g/mol. The number of rotatable bonds is 6. The fourth-order valence-corrected chi connectivity index (χ4v) is 5.36. The van der Waals surface area contributed by atoms with Crippen LogP contribution in [0.5, 0.6) is 0 Å². The van der Waals surface area contributed by atoms with E-state index < -0.39 is 12.3 Å². The molecule has 0 amide bonds. The van der Waals surface area contributed by atoms with Gasteiger partial charge in [-0.1, -0.05) is 42.5 Å². The van der Waals surface area contributed by atoms with E-state index in [4.69, 9.17) is 4.98 Å². The van der Waals surface area contributed by atoms with Gasteiger partial charge in [0.05, 0.1) is 10.4 Å². The number of anilines is 2. The summed E-state index contributed by atoms with van der Waals surface area (Å²) in [5.74, 6) is -0.501. The molecule has 2 aromatic heterocycles. The second-order valence-electron chi connectivity index (χ2n) is 8.43. The van der Waals surface area contributed by atoms with E-state index in [0.717, 1.165) is 33.7 Å². The van der Waals surface area contributed by atoms with E-state index >= 15 is 0 Å². The smallest absolute Gasteiger partial charge is 0.242 e. The minimum atomic E-state index is -2.23. The maximum absolute atomic E-state index is 12.9. The second kappa shape index (κ2) is 8.96. The molecular weight excluding hydrogens is 424 g/mol. The summed E-state index contributed by atoms with van der Waals surface area (Å²) in [4.78, 5) is 6.82. The molecule has 1 saturated heterocycles. The molecule has 32 heavy (non-hydrogen) atoms. The van der Waals surface area contributed by atoms with Crippen LogP contribution in [0.15, 0.2) is 66.2 Å². The lowest BCUT2D eigenvalue weighted by atomic mass is 9.99. The largest absolute Gasteiger partial charge is 0.353 e. The van der Waals surface area contributed by atoms with Crippen molar-refractivity contribution in [2.24, 2.45) is 5.92 Å². The van der Waals surface area contributed by atoms with Gasteiger partial charge in [-0.3, -0.25) is 9.88 Å². The minimum absolute atomic E-state index is 0.462. The fraction of sp³-hybridized carbons (Fsp3) is 0.269. The van der Waals surface area contributed by atoms with Gasteiger partial charge in [0.25, 0.3) is 0 Å². The normalized spacial score (nSPS) is 16.8. The lowest BCUT2D eigenvalue weighted by Crippen LogP contribution is -2.22. The third-order valence-electron chi connectivity index (χ3n) is 6.23. The lowest BCUT2D eigenvalue weighted by molar-refractivity contribution is 0.0803. The highest BCUT2D eigenvalue weighted by molar-refractivity contribution is 7.17. The van der Waals surface area contributed by atoms with Crippen LogP contribution in [0, 0.1) is 12.8 Å². The van der Waals surface area contributed by atoms with Crippen molar-refractivity contribution in [1.82, 2.24) is 9.88 Å². The molecule has 0 aliphatic carbocycles. The van der Waals surface area contributed by atoms with Crippen molar-refractivity contribution in [1.29, 1.82) is 0 Å². The second-order valence-corrected chi connectivity index (χ2v) is 9.34. The number of pyridine rings is 1. The highest BCUT2D eigenvalue weighted by atomic mass is 32.1. The van der Waals surface area contributed by atoms with E-state index in [1.165, 1.54) is 16.7 Å². The molecule has 0 bridgehead atoms. The molecule has 1 fully saturated rings. The molecule has 1 unspecified atom stereocenters. The summed E-state index contributed by atoms with van der Waals surface area (Å²) in [6, 6.07) is 18.8. The number of fused-ring (bicyclic) bond motifs is 1. The van der Waals surface area contributed by atoms with Crippen molar-refractivity contribution in [3.05, 3.63) is 77.3 Å². The van der Waals surface area contributed by atoms with Gasteiger partial charge in [-0.05, 0) is 54.3 Å². The first-order valence-corrected chi connectivity index (χ1v) is 11.7. The number of likely N-dealkylation sites (tertiary alicyclic amines) is 1. The van der Waals surface area contributed by atoms with Crippen molar-refractivity contribution < 1.29 is 8.78 Å². The zero-order chi connectivity index (χ0) is 22.1. The number of halogens is 2. The molecule has 1 N–H and O–H groups in total. The standard InChI is InChI=1S/C26H25F2N3S/c1-17-21(19-6-3-2-4-7-19)8-5-9-22(17)30-23-16-32-24-12-18(13-29-25(23)24)14-31-11-10-20(15-31)26(27)28/h2-9,12-13,16,20,26,30H,10-11,14-15H2,1H3. The van der Waals surface area contributed by atoms with Crippen LogP contribution in [0.25, 0.3) is 21.3 Å². The van der Waals surface area contributed by atoms with Crippen LogP contribution in [0.3, 0.4) is 0 Å². The zero-order valence-electron chi connectivity index (χ0n) is 17.9. The molecule has 1 aliphatic rings. The van der Waals surface area contributed by atoms with Gasteiger partial charge in [0.15, 0.2) is 0 Å². The predicted molar refractivity (Wildman–Crippen MR) is 129 cm³/mol. The number of nitrogens with one attached hydrogen (secondary N) is 1. The SMILES string of the molecule is Cc1c(Nc2csc3cc(CN4CCC(C(F)F)C4)cnc23)cccc1-c1ccccc1.